The minimum absolute atomic E-state index is 0.150. The lowest BCUT2D eigenvalue weighted by atomic mass is 10.1. The molecule has 0 atom stereocenters. The first-order valence-corrected chi connectivity index (χ1v) is 12.9. The number of ether oxygens (including phenoxy) is 7. The van der Waals surface area contributed by atoms with Crippen LogP contribution in [-0.2, 0) is 38.0 Å². The first kappa shape index (κ1) is 33.5. The fourth-order valence-electron chi connectivity index (χ4n) is 2.68. The third-order valence-corrected chi connectivity index (χ3v) is 4.38. The lowest BCUT2D eigenvalue weighted by Crippen LogP contribution is -2.34. The fraction of sp³-hybridized carbons (Fsp3) is 0.920. The molecule has 0 aliphatic heterocycles. The van der Waals surface area contributed by atoms with E-state index in [1.807, 2.05) is 20.8 Å². The smallest absolute Gasteiger partial charge is 0.407 e. The van der Waals surface area contributed by atoms with E-state index in [1.54, 1.807) is 0 Å². The Hall–Kier alpha value is -1.46. The maximum absolute atomic E-state index is 11.6. The Kier molecular flexibility index (Phi) is 23.2. The van der Waals surface area contributed by atoms with E-state index in [0.717, 1.165) is 12.8 Å². The van der Waals surface area contributed by atoms with E-state index in [9.17, 15) is 9.59 Å². The molecule has 0 aliphatic carbocycles. The van der Waals surface area contributed by atoms with Gasteiger partial charge in [-0.2, -0.15) is 0 Å². The lowest BCUT2D eigenvalue weighted by molar-refractivity contribution is -0.145. The second-order valence-corrected chi connectivity index (χ2v) is 8.88. The SMILES string of the molecule is CCCCCCCC(=O)OCCOCCOCCOCCOCCOCCNC(=O)OC(C)(C)C. The average molecular weight is 508 g/mol. The van der Waals surface area contributed by atoms with Gasteiger partial charge in [-0.05, 0) is 27.2 Å². The summed E-state index contributed by atoms with van der Waals surface area (Å²) in [6.45, 7) is 12.8. The van der Waals surface area contributed by atoms with Crippen molar-refractivity contribution in [2.75, 3.05) is 79.2 Å². The van der Waals surface area contributed by atoms with Gasteiger partial charge in [0.25, 0.3) is 0 Å². The monoisotopic (exact) mass is 507 g/mol. The van der Waals surface area contributed by atoms with E-state index in [1.165, 1.54) is 19.3 Å². The zero-order valence-corrected chi connectivity index (χ0v) is 22.4. The summed E-state index contributed by atoms with van der Waals surface area (Å²) in [5.41, 5.74) is -0.507. The van der Waals surface area contributed by atoms with Gasteiger partial charge in [-0.1, -0.05) is 32.6 Å². The molecule has 0 aromatic heterocycles. The highest BCUT2D eigenvalue weighted by molar-refractivity contribution is 5.69. The Labute approximate surface area is 211 Å². The van der Waals surface area contributed by atoms with Crippen LogP contribution >= 0.6 is 0 Å². The molecule has 35 heavy (non-hydrogen) atoms. The molecule has 0 aliphatic rings. The Morgan fingerprint density at radius 3 is 1.57 bits per heavy atom. The van der Waals surface area contributed by atoms with Crippen LogP contribution in [0.25, 0.3) is 0 Å². The molecule has 0 fully saturated rings. The number of alkyl carbamates (subject to hydrolysis) is 1. The summed E-state index contributed by atoms with van der Waals surface area (Å²) < 4.78 is 37.2. The largest absolute Gasteiger partial charge is 0.463 e. The molecule has 1 amide bonds. The number of rotatable bonds is 24. The van der Waals surface area contributed by atoms with Crippen LogP contribution in [0.5, 0.6) is 0 Å². The highest BCUT2D eigenvalue weighted by Gasteiger charge is 2.15. The number of amides is 1. The van der Waals surface area contributed by atoms with Crippen molar-refractivity contribution in [3.05, 3.63) is 0 Å². The molecule has 0 aromatic carbocycles. The molecule has 0 rings (SSSR count). The molecule has 0 saturated carbocycles. The molecule has 0 saturated heterocycles. The Morgan fingerprint density at radius 1 is 0.629 bits per heavy atom. The van der Waals surface area contributed by atoms with Crippen LogP contribution in [0.4, 0.5) is 4.79 Å². The van der Waals surface area contributed by atoms with E-state index in [-0.39, 0.29) is 12.6 Å². The quantitative estimate of drug-likeness (QED) is 0.155. The Morgan fingerprint density at radius 2 is 1.09 bits per heavy atom. The normalized spacial score (nSPS) is 11.4. The highest BCUT2D eigenvalue weighted by atomic mass is 16.6. The predicted octanol–water partition coefficient (Wildman–Crippen LogP) is 3.50. The summed E-state index contributed by atoms with van der Waals surface area (Å²) >= 11 is 0. The summed E-state index contributed by atoms with van der Waals surface area (Å²) in [4.78, 5) is 23.0. The van der Waals surface area contributed by atoms with Crippen molar-refractivity contribution in [1.29, 1.82) is 0 Å². The molecule has 1 N–H and O–H groups in total. The van der Waals surface area contributed by atoms with Crippen molar-refractivity contribution in [2.45, 2.75) is 71.8 Å². The van der Waals surface area contributed by atoms with Gasteiger partial charge < -0.3 is 38.5 Å². The molecule has 0 heterocycles. The second-order valence-electron chi connectivity index (χ2n) is 8.88. The summed E-state index contributed by atoms with van der Waals surface area (Å²) in [6.07, 6.45) is 5.62. The average Bonchev–Trinajstić information content (AvgIpc) is 2.79. The first-order valence-electron chi connectivity index (χ1n) is 12.9. The summed E-state index contributed by atoms with van der Waals surface area (Å²) in [6, 6.07) is 0. The standard InChI is InChI=1S/C25H49NO9/c1-5-6-7-8-9-10-23(27)34-22-21-33-20-19-32-18-17-31-16-15-30-14-13-29-12-11-26-24(28)35-25(2,3)4/h5-22H2,1-4H3,(H,26,28). The maximum Gasteiger partial charge on any atom is 0.407 e. The predicted molar refractivity (Wildman–Crippen MR) is 133 cm³/mol. The Balaban J connectivity index is 3.18. The number of hydrogen-bond acceptors (Lipinski definition) is 9. The van der Waals surface area contributed by atoms with Gasteiger partial charge in [-0.25, -0.2) is 4.79 Å². The van der Waals surface area contributed by atoms with Gasteiger partial charge in [0.15, 0.2) is 0 Å². The topological polar surface area (TPSA) is 111 Å². The molecule has 0 aromatic rings. The van der Waals surface area contributed by atoms with Crippen LogP contribution in [0.1, 0.15) is 66.2 Å². The molecule has 0 radical (unpaired) electrons. The zero-order chi connectivity index (χ0) is 26.0. The van der Waals surface area contributed by atoms with Crippen molar-refractivity contribution < 1.29 is 42.7 Å². The summed E-state index contributed by atoms with van der Waals surface area (Å²) in [5, 5.41) is 2.62. The molecule has 10 heteroatoms. The molecule has 208 valence electrons. The van der Waals surface area contributed by atoms with Crippen molar-refractivity contribution in [2.24, 2.45) is 0 Å². The van der Waals surface area contributed by atoms with Crippen molar-refractivity contribution in [1.82, 2.24) is 5.32 Å². The number of unbranched alkanes of at least 4 members (excludes halogenated alkanes) is 4. The first-order chi connectivity index (χ1) is 16.8. The number of esters is 1. The van der Waals surface area contributed by atoms with E-state index in [0.29, 0.717) is 79.0 Å². The maximum atomic E-state index is 11.6. The van der Waals surface area contributed by atoms with Crippen LogP contribution in [-0.4, -0.2) is 96.9 Å². The van der Waals surface area contributed by atoms with E-state index in [4.69, 9.17) is 33.2 Å². The van der Waals surface area contributed by atoms with E-state index >= 15 is 0 Å². The van der Waals surface area contributed by atoms with Crippen molar-refractivity contribution in [3.63, 3.8) is 0 Å². The van der Waals surface area contributed by atoms with Gasteiger partial charge in [-0.3, -0.25) is 4.79 Å². The van der Waals surface area contributed by atoms with Crippen LogP contribution < -0.4 is 5.32 Å². The van der Waals surface area contributed by atoms with Gasteiger partial charge >= 0.3 is 12.1 Å². The third kappa shape index (κ3) is 28.7. The van der Waals surface area contributed by atoms with Crippen molar-refractivity contribution in [3.8, 4) is 0 Å². The lowest BCUT2D eigenvalue weighted by Gasteiger charge is -2.19. The zero-order valence-electron chi connectivity index (χ0n) is 22.4. The van der Waals surface area contributed by atoms with Gasteiger partial charge in [0.2, 0.25) is 0 Å². The fourth-order valence-corrected chi connectivity index (χ4v) is 2.68. The minimum Gasteiger partial charge on any atom is -0.463 e. The van der Waals surface area contributed by atoms with Gasteiger partial charge in [0.1, 0.15) is 12.2 Å². The molecule has 0 spiro atoms. The summed E-state index contributed by atoms with van der Waals surface area (Å²) in [5.74, 6) is -0.150. The molecule has 10 nitrogen and oxygen atoms in total. The van der Waals surface area contributed by atoms with Crippen LogP contribution in [0.2, 0.25) is 0 Å². The molecule has 0 unspecified atom stereocenters. The van der Waals surface area contributed by atoms with Crippen molar-refractivity contribution >= 4 is 12.1 Å². The number of nitrogens with one attached hydrogen (secondary N) is 1. The molecular weight excluding hydrogens is 458 g/mol. The third-order valence-electron chi connectivity index (χ3n) is 4.38. The summed E-state index contributed by atoms with van der Waals surface area (Å²) in [7, 11) is 0. The molecule has 0 bridgehead atoms. The minimum atomic E-state index is -0.507. The van der Waals surface area contributed by atoms with Crippen LogP contribution in [0.15, 0.2) is 0 Å². The van der Waals surface area contributed by atoms with Gasteiger partial charge in [-0.15, -0.1) is 0 Å². The van der Waals surface area contributed by atoms with Gasteiger partial charge in [0.05, 0.1) is 66.1 Å². The van der Waals surface area contributed by atoms with E-state index in [2.05, 4.69) is 12.2 Å². The highest BCUT2D eigenvalue weighted by Crippen LogP contribution is 2.06. The van der Waals surface area contributed by atoms with Crippen LogP contribution in [0.3, 0.4) is 0 Å². The van der Waals surface area contributed by atoms with Crippen LogP contribution in [0, 0.1) is 0 Å². The number of carbonyl (C=O) groups is 2. The second kappa shape index (κ2) is 24.2. The van der Waals surface area contributed by atoms with E-state index < -0.39 is 11.7 Å². The Bertz CT molecular complexity index is 498. The number of hydrogen-bond donors (Lipinski definition) is 1. The number of carbonyl (C=O) groups excluding carboxylic acids is 2. The molecular formula is C25H49NO9. The van der Waals surface area contributed by atoms with Gasteiger partial charge in [0, 0.05) is 13.0 Å².